The summed E-state index contributed by atoms with van der Waals surface area (Å²) in [6, 6.07) is 20.3. The number of nitrogens with zero attached hydrogens (tertiary/aromatic N) is 1. The molecule has 0 unspecified atom stereocenters. The monoisotopic (exact) mass is 717 g/mol. The van der Waals surface area contributed by atoms with Crippen molar-refractivity contribution in [2.45, 2.75) is 26.7 Å². The largest absolute Gasteiger partial charge is 0.463 e. The van der Waals surface area contributed by atoms with Crippen molar-refractivity contribution in [2.75, 3.05) is 6.26 Å². The van der Waals surface area contributed by atoms with E-state index in [0.717, 1.165) is 28.3 Å². The molecule has 0 radical (unpaired) electrons. The molecule has 0 atom stereocenters. The number of pyridine rings is 1. The highest BCUT2D eigenvalue weighted by molar-refractivity contribution is 9.10. The normalized spacial score (nSPS) is 11.1. The number of aromatic nitrogens is 1. The molecule has 0 saturated carbocycles. The van der Waals surface area contributed by atoms with Crippen LogP contribution in [0.1, 0.15) is 25.8 Å². The number of ether oxygens (including phenoxy) is 1. The van der Waals surface area contributed by atoms with Crippen LogP contribution in [0, 0.1) is 0 Å². The van der Waals surface area contributed by atoms with Gasteiger partial charge >= 0.3 is 16.1 Å². The molecule has 6 rings (SSSR count). The Labute approximate surface area is 277 Å². The Morgan fingerprint density at radius 1 is 0.872 bits per heavy atom. The highest BCUT2D eigenvalue weighted by Crippen LogP contribution is 2.28. The standard InChI is InChI=1S/C19H17NO4.C16H11BrO5S/c1-3-6-13-9-14-18(10-17(13)24-12(2)21)23-11-15(19(14)22)16-7-4-5-8-20-16;1-23(19,20)22-12-6-7-13-15(8-12)21-9-14(16(13)18)10-2-4-11(17)5-3-10/h4-5,7-11H,3,6H2,1-2H3;2-9H,1H3. The Morgan fingerprint density at radius 3 is 2.19 bits per heavy atom. The minimum Gasteiger partial charge on any atom is -0.463 e. The zero-order valence-corrected chi connectivity index (χ0v) is 27.9. The third kappa shape index (κ3) is 8.02. The summed E-state index contributed by atoms with van der Waals surface area (Å²) in [6.45, 7) is 3.37. The van der Waals surface area contributed by atoms with Crippen molar-refractivity contribution < 1.29 is 31.0 Å². The second kappa shape index (κ2) is 14.1. The van der Waals surface area contributed by atoms with Crippen LogP contribution >= 0.6 is 15.9 Å². The topological polar surface area (TPSA) is 143 Å². The molecule has 0 amide bonds. The maximum Gasteiger partial charge on any atom is 0.308 e. The predicted molar refractivity (Wildman–Crippen MR) is 182 cm³/mol. The van der Waals surface area contributed by atoms with Gasteiger partial charge < -0.3 is 17.8 Å². The Kier molecular flexibility index (Phi) is 10.0. The molecule has 240 valence electrons. The maximum atomic E-state index is 12.8. The van der Waals surface area contributed by atoms with E-state index in [1.807, 2.05) is 37.3 Å². The van der Waals surface area contributed by atoms with Crippen LogP contribution in [0.4, 0.5) is 0 Å². The zero-order chi connectivity index (χ0) is 33.7. The molecule has 3 aromatic heterocycles. The van der Waals surface area contributed by atoms with Crippen molar-refractivity contribution >= 4 is 54.0 Å². The number of esters is 1. The molecule has 0 N–H and O–H groups in total. The molecule has 0 aliphatic heterocycles. The number of rotatable bonds is 7. The zero-order valence-electron chi connectivity index (χ0n) is 25.5. The van der Waals surface area contributed by atoms with Gasteiger partial charge in [0.2, 0.25) is 5.43 Å². The van der Waals surface area contributed by atoms with E-state index in [1.165, 1.54) is 37.6 Å². The predicted octanol–water partition coefficient (Wildman–Crippen LogP) is 7.29. The Morgan fingerprint density at radius 2 is 1.55 bits per heavy atom. The van der Waals surface area contributed by atoms with E-state index < -0.39 is 16.1 Å². The van der Waals surface area contributed by atoms with Crippen LogP contribution in [-0.4, -0.2) is 25.6 Å². The van der Waals surface area contributed by atoms with Gasteiger partial charge in [0.1, 0.15) is 35.2 Å². The van der Waals surface area contributed by atoms with Gasteiger partial charge in [-0.2, -0.15) is 8.42 Å². The third-order valence-corrected chi connectivity index (χ3v) is 7.84. The van der Waals surface area contributed by atoms with Crippen molar-refractivity contribution in [3.8, 4) is 33.9 Å². The lowest BCUT2D eigenvalue weighted by molar-refractivity contribution is -0.131. The molecule has 0 aliphatic carbocycles. The summed E-state index contributed by atoms with van der Waals surface area (Å²) in [5, 5.41) is 0.809. The molecule has 3 heterocycles. The fourth-order valence-corrected chi connectivity index (χ4v) is 5.50. The second-order valence-electron chi connectivity index (χ2n) is 10.4. The quantitative estimate of drug-likeness (QED) is 0.0938. The number of fused-ring (bicyclic) bond motifs is 2. The summed E-state index contributed by atoms with van der Waals surface area (Å²) in [7, 11) is -3.64. The average molecular weight is 719 g/mol. The lowest BCUT2D eigenvalue weighted by Gasteiger charge is -2.10. The molecule has 12 heteroatoms. The number of aryl methyl sites for hydroxylation is 1. The molecule has 3 aromatic carbocycles. The molecule has 0 fully saturated rings. The van der Waals surface area contributed by atoms with Gasteiger partial charge in [-0.05, 0) is 60.0 Å². The van der Waals surface area contributed by atoms with Crippen molar-refractivity contribution in [3.63, 3.8) is 0 Å². The van der Waals surface area contributed by atoms with Crippen molar-refractivity contribution in [3.05, 3.63) is 122 Å². The van der Waals surface area contributed by atoms with E-state index >= 15 is 0 Å². The molecule has 0 bridgehead atoms. The number of halogens is 1. The molecule has 0 aliphatic rings. The smallest absolute Gasteiger partial charge is 0.308 e. The van der Waals surface area contributed by atoms with E-state index in [9.17, 15) is 22.8 Å². The lowest BCUT2D eigenvalue weighted by atomic mass is 10.0. The Bertz CT molecular complexity index is 2320. The van der Waals surface area contributed by atoms with Gasteiger partial charge in [-0.25, -0.2) is 0 Å². The first-order valence-electron chi connectivity index (χ1n) is 14.3. The molecule has 47 heavy (non-hydrogen) atoms. The van der Waals surface area contributed by atoms with E-state index in [4.69, 9.17) is 17.8 Å². The summed E-state index contributed by atoms with van der Waals surface area (Å²) >= 11 is 3.34. The van der Waals surface area contributed by atoms with Gasteiger partial charge in [0.15, 0.2) is 5.43 Å². The highest BCUT2D eigenvalue weighted by atomic mass is 79.9. The summed E-state index contributed by atoms with van der Waals surface area (Å²) in [5.74, 6) is 0.129. The molecule has 0 spiro atoms. The molecular weight excluding hydrogens is 690 g/mol. The van der Waals surface area contributed by atoms with Gasteiger partial charge in [-0.1, -0.05) is 47.5 Å². The van der Waals surface area contributed by atoms with Gasteiger partial charge in [-0.15, -0.1) is 0 Å². The fraction of sp³-hybridized carbons (Fsp3) is 0.143. The Hall–Kier alpha value is -5.07. The van der Waals surface area contributed by atoms with Gasteiger partial charge in [0, 0.05) is 29.7 Å². The number of carbonyl (C=O) groups excluding carboxylic acids is 1. The van der Waals surface area contributed by atoms with Crippen LogP contribution in [0.25, 0.3) is 44.3 Å². The summed E-state index contributed by atoms with van der Waals surface area (Å²) in [6.07, 6.45) is 6.90. The minimum atomic E-state index is -3.64. The minimum absolute atomic E-state index is 0.0968. The van der Waals surface area contributed by atoms with Gasteiger partial charge in [-0.3, -0.25) is 19.4 Å². The lowest BCUT2D eigenvalue weighted by Crippen LogP contribution is -2.08. The van der Waals surface area contributed by atoms with Crippen molar-refractivity contribution in [1.82, 2.24) is 4.98 Å². The highest BCUT2D eigenvalue weighted by Gasteiger charge is 2.15. The van der Waals surface area contributed by atoms with E-state index in [0.29, 0.717) is 45.3 Å². The average Bonchev–Trinajstić information content (AvgIpc) is 3.02. The summed E-state index contributed by atoms with van der Waals surface area (Å²) in [5.41, 5.74) is 3.25. The van der Waals surface area contributed by atoms with Crippen molar-refractivity contribution in [1.29, 1.82) is 0 Å². The third-order valence-electron chi connectivity index (χ3n) is 6.82. The van der Waals surface area contributed by atoms with Crippen LogP contribution in [0.5, 0.6) is 11.5 Å². The summed E-state index contributed by atoms with van der Waals surface area (Å²) < 4.78 is 44.3. The first-order valence-corrected chi connectivity index (χ1v) is 16.9. The maximum absolute atomic E-state index is 12.8. The molecule has 6 aromatic rings. The van der Waals surface area contributed by atoms with Crippen LogP contribution in [0.3, 0.4) is 0 Å². The SMILES string of the molecule is CCCc1cc2c(=O)c(-c3ccccn3)coc2cc1OC(C)=O.CS(=O)(=O)Oc1ccc2c(=O)c(-c3ccc(Br)cc3)coc2c1. The Balaban J connectivity index is 0.000000185. The van der Waals surface area contributed by atoms with Crippen LogP contribution in [0.15, 0.2) is 114 Å². The first kappa shape index (κ1) is 33.3. The van der Waals surface area contributed by atoms with E-state index in [-0.39, 0.29) is 22.2 Å². The van der Waals surface area contributed by atoms with Gasteiger partial charge in [0.25, 0.3) is 0 Å². The van der Waals surface area contributed by atoms with Gasteiger partial charge in [0.05, 0.1) is 33.8 Å². The number of hydrogen-bond acceptors (Lipinski definition) is 10. The summed E-state index contributed by atoms with van der Waals surface area (Å²) in [4.78, 5) is 40.9. The fourth-order valence-electron chi connectivity index (χ4n) is 4.78. The molecule has 0 saturated heterocycles. The van der Waals surface area contributed by atoms with Crippen LogP contribution < -0.4 is 19.8 Å². The number of hydrogen-bond donors (Lipinski definition) is 0. The van der Waals surface area contributed by atoms with E-state index in [2.05, 4.69) is 20.9 Å². The van der Waals surface area contributed by atoms with Crippen molar-refractivity contribution in [2.24, 2.45) is 0 Å². The van der Waals surface area contributed by atoms with Crippen LogP contribution in [0.2, 0.25) is 0 Å². The van der Waals surface area contributed by atoms with Crippen LogP contribution in [-0.2, 0) is 21.3 Å². The first-order chi connectivity index (χ1) is 22.4. The molecular formula is C35H28BrNO9S. The molecule has 10 nitrogen and oxygen atoms in total. The number of benzene rings is 3. The van der Waals surface area contributed by atoms with E-state index in [1.54, 1.807) is 30.5 Å². The number of carbonyl (C=O) groups is 1. The second-order valence-corrected chi connectivity index (χ2v) is 12.9.